The average molecular weight is 555 g/mol. The molecule has 1 amide bonds. The van der Waals surface area contributed by atoms with Crippen molar-refractivity contribution >= 4 is 17.4 Å². The summed E-state index contributed by atoms with van der Waals surface area (Å²) in [5, 5.41) is 6.44. The van der Waals surface area contributed by atoms with E-state index in [1.807, 2.05) is 61.5 Å². The van der Waals surface area contributed by atoms with Crippen LogP contribution in [0.25, 0.3) is 0 Å². The van der Waals surface area contributed by atoms with Gasteiger partial charge in [0.05, 0.1) is 34.1 Å². The molecule has 0 saturated carbocycles. The Bertz CT molecular complexity index is 1560. The zero-order chi connectivity index (χ0) is 29.1. The van der Waals surface area contributed by atoms with E-state index in [2.05, 4.69) is 10.6 Å². The van der Waals surface area contributed by atoms with E-state index >= 15 is 0 Å². The van der Waals surface area contributed by atoms with Crippen molar-refractivity contribution in [2.75, 3.05) is 33.8 Å². The van der Waals surface area contributed by atoms with Gasteiger partial charge in [-0.25, -0.2) is 0 Å². The highest BCUT2D eigenvalue weighted by Crippen LogP contribution is 2.47. The summed E-state index contributed by atoms with van der Waals surface area (Å²) in [5.41, 5.74) is 4.92. The summed E-state index contributed by atoms with van der Waals surface area (Å²) < 4.78 is 21.9. The van der Waals surface area contributed by atoms with Crippen LogP contribution in [0.4, 0.5) is 5.69 Å². The summed E-state index contributed by atoms with van der Waals surface area (Å²) in [6.07, 6.45) is 0.909. The van der Waals surface area contributed by atoms with Crippen LogP contribution in [0, 0.1) is 0 Å². The number of methoxy groups -OCH3 is 4. The molecule has 2 N–H and O–H groups in total. The van der Waals surface area contributed by atoms with Crippen LogP contribution in [0.2, 0.25) is 0 Å². The van der Waals surface area contributed by atoms with E-state index in [9.17, 15) is 9.59 Å². The summed E-state index contributed by atoms with van der Waals surface area (Å²) in [6.45, 7) is 1.87. The average Bonchev–Trinajstić information content (AvgIpc) is 3.00. The summed E-state index contributed by atoms with van der Waals surface area (Å²) in [7, 11) is 6.35. The quantitative estimate of drug-likeness (QED) is 0.368. The summed E-state index contributed by atoms with van der Waals surface area (Å²) in [4.78, 5) is 27.9. The predicted molar refractivity (Wildman–Crippen MR) is 157 cm³/mol. The molecule has 1 aliphatic carbocycles. The lowest BCUT2D eigenvalue weighted by atomic mass is 9.71. The van der Waals surface area contributed by atoms with Crippen molar-refractivity contribution in [2.24, 2.45) is 0 Å². The van der Waals surface area contributed by atoms with Crippen molar-refractivity contribution in [1.29, 1.82) is 0 Å². The number of hydrogen-bond acceptors (Lipinski definition) is 7. The monoisotopic (exact) mass is 554 g/mol. The first-order chi connectivity index (χ1) is 19.9. The topological polar surface area (TPSA) is 95.1 Å². The fraction of sp³-hybridized carbons (Fsp3) is 0.273. The molecule has 0 bridgehead atoms. The van der Waals surface area contributed by atoms with Crippen LogP contribution in [0.3, 0.4) is 0 Å². The van der Waals surface area contributed by atoms with Crippen molar-refractivity contribution in [3.63, 3.8) is 0 Å². The number of allylic oxidation sites excluding steroid dienone is 3. The highest BCUT2D eigenvalue weighted by atomic mass is 16.5. The molecule has 0 spiro atoms. The number of rotatable bonds is 8. The number of carbonyl (C=O) groups is 2. The van der Waals surface area contributed by atoms with Gasteiger partial charge in [0.25, 0.3) is 5.91 Å². The molecule has 2 atom stereocenters. The maximum atomic E-state index is 14.0. The number of ketones is 1. The van der Waals surface area contributed by atoms with Gasteiger partial charge in [-0.2, -0.15) is 0 Å². The summed E-state index contributed by atoms with van der Waals surface area (Å²) in [6, 6.07) is 20.6. The van der Waals surface area contributed by atoms with Gasteiger partial charge in [0.2, 0.25) is 0 Å². The van der Waals surface area contributed by atoms with Gasteiger partial charge >= 0.3 is 0 Å². The van der Waals surface area contributed by atoms with E-state index in [1.54, 1.807) is 40.6 Å². The van der Waals surface area contributed by atoms with Gasteiger partial charge in [0.15, 0.2) is 17.3 Å². The van der Waals surface area contributed by atoms with E-state index in [0.717, 1.165) is 16.8 Å². The Morgan fingerprint density at radius 1 is 0.805 bits per heavy atom. The lowest BCUT2D eigenvalue weighted by molar-refractivity contribution is -0.116. The Morgan fingerprint density at radius 2 is 1.56 bits per heavy atom. The normalized spacial score (nSPS) is 18.3. The molecule has 1 heterocycles. The maximum absolute atomic E-state index is 14.0. The Morgan fingerprint density at radius 3 is 2.29 bits per heavy atom. The molecule has 2 aliphatic rings. The van der Waals surface area contributed by atoms with Gasteiger partial charge in [-0.15, -0.1) is 0 Å². The molecule has 0 aromatic heterocycles. The Balaban J connectivity index is 1.56. The Kier molecular flexibility index (Phi) is 8.01. The lowest BCUT2D eigenvalue weighted by Crippen LogP contribution is -2.37. The maximum Gasteiger partial charge on any atom is 0.254 e. The SMILES string of the molecule is COc1cccc([C@@H]2C(C(=O)Nc3ccccc3OC)=C(C)NC3=C2C(=O)C[C@@H](c2ccc(OC)c(OC)c2)C3)c1. The number of hydrogen-bond donors (Lipinski definition) is 2. The van der Waals surface area contributed by atoms with E-state index in [-0.39, 0.29) is 17.6 Å². The number of benzene rings is 3. The van der Waals surface area contributed by atoms with Crippen LogP contribution in [-0.2, 0) is 9.59 Å². The fourth-order valence-electron chi connectivity index (χ4n) is 5.77. The minimum Gasteiger partial charge on any atom is -0.497 e. The molecule has 1 aliphatic heterocycles. The highest BCUT2D eigenvalue weighted by molar-refractivity contribution is 6.10. The molecule has 0 saturated heterocycles. The highest BCUT2D eigenvalue weighted by Gasteiger charge is 2.41. The number of amides is 1. The van der Waals surface area contributed by atoms with Crippen LogP contribution in [0.15, 0.2) is 89.3 Å². The largest absolute Gasteiger partial charge is 0.497 e. The first-order valence-electron chi connectivity index (χ1n) is 13.4. The number of anilines is 1. The third-order valence-corrected chi connectivity index (χ3v) is 7.73. The zero-order valence-electron chi connectivity index (χ0n) is 23.9. The third kappa shape index (κ3) is 5.37. The van der Waals surface area contributed by atoms with Gasteiger partial charge in [-0.05, 0) is 66.8 Å². The molecule has 8 nitrogen and oxygen atoms in total. The molecule has 3 aromatic rings. The van der Waals surface area contributed by atoms with Crippen molar-refractivity contribution in [3.05, 3.63) is 100 Å². The molecule has 8 heteroatoms. The predicted octanol–water partition coefficient (Wildman–Crippen LogP) is 5.72. The minimum atomic E-state index is -0.574. The lowest BCUT2D eigenvalue weighted by Gasteiger charge is -2.37. The van der Waals surface area contributed by atoms with Gasteiger partial charge in [0, 0.05) is 34.9 Å². The number of nitrogens with one attached hydrogen (secondary N) is 2. The molecule has 41 heavy (non-hydrogen) atoms. The van der Waals surface area contributed by atoms with E-state index in [1.165, 1.54) is 0 Å². The van der Waals surface area contributed by atoms with Gasteiger partial charge < -0.3 is 29.6 Å². The minimum absolute atomic E-state index is 0.0125. The van der Waals surface area contributed by atoms with E-state index < -0.39 is 5.92 Å². The summed E-state index contributed by atoms with van der Waals surface area (Å²) in [5.74, 6) is 1.50. The molecule has 0 fully saturated rings. The first kappa shape index (κ1) is 27.8. The van der Waals surface area contributed by atoms with Crippen LogP contribution in [-0.4, -0.2) is 40.1 Å². The zero-order valence-corrected chi connectivity index (χ0v) is 23.9. The van der Waals surface area contributed by atoms with Gasteiger partial charge in [-0.1, -0.05) is 30.3 Å². The molecule has 3 aromatic carbocycles. The van der Waals surface area contributed by atoms with Crippen molar-refractivity contribution in [1.82, 2.24) is 5.32 Å². The smallest absolute Gasteiger partial charge is 0.254 e. The van der Waals surface area contributed by atoms with Crippen LogP contribution < -0.4 is 29.6 Å². The third-order valence-electron chi connectivity index (χ3n) is 7.73. The second-order valence-electron chi connectivity index (χ2n) is 10.1. The Hall–Kier alpha value is -4.72. The van der Waals surface area contributed by atoms with Gasteiger partial charge in [0.1, 0.15) is 11.5 Å². The van der Waals surface area contributed by atoms with Crippen molar-refractivity contribution < 1.29 is 28.5 Å². The Labute approximate surface area is 240 Å². The first-order valence-corrected chi connectivity index (χ1v) is 13.4. The number of Topliss-reactive ketones (excluding diaryl/α,β-unsaturated/α-hetero) is 1. The van der Waals surface area contributed by atoms with Crippen LogP contribution in [0.5, 0.6) is 23.0 Å². The molecule has 0 radical (unpaired) electrons. The number of ether oxygens (including phenoxy) is 4. The van der Waals surface area contributed by atoms with E-state index in [0.29, 0.717) is 58.4 Å². The van der Waals surface area contributed by atoms with Crippen molar-refractivity contribution in [2.45, 2.75) is 31.6 Å². The standard InChI is InChI=1S/C33H34N2O6/c1-19-30(33(37)35-24-11-6-7-12-27(24)39-3)31(21-9-8-10-23(15-21)38-2)32-25(34-19)16-22(17-26(32)36)20-13-14-28(40-4)29(18-20)41-5/h6-15,18,22,31,34H,16-17H2,1-5H3,(H,35,37)/t22-,31+/m0/s1. The molecule has 5 rings (SSSR count). The molecular weight excluding hydrogens is 520 g/mol. The summed E-state index contributed by atoms with van der Waals surface area (Å²) >= 11 is 0. The van der Waals surface area contributed by atoms with E-state index in [4.69, 9.17) is 18.9 Å². The molecule has 0 unspecified atom stereocenters. The van der Waals surface area contributed by atoms with Crippen molar-refractivity contribution in [3.8, 4) is 23.0 Å². The molecule has 212 valence electrons. The van der Waals surface area contributed by atoms with Crippen LogP contribution in [0.1, 0.15) is 42.7 Å². The fourth-order valence-corrected chi connectivity index (χ4v) is 5.77. The van der Waals surface area contributed by atoms with Crippen LogP contribution >= 0.6 is 0 Å². The number of dihydropyridines is 1. The van der Waals surface area contributed by atoms with Gasteiger partial charge in [-0.3, -0.25) is 9.59 Å². The molecular formula is C33H34N2O6. The number of para-hydroxylation sites is 2. The second-order valence-corrected chi connectivity index (χ2v) is 10.1. The number of carbonyl (C=O) groups excluding carboxylic acids is 2. The second kappa shape index (κ2) is 11.8.